The summed E-state index contributed by atoms with van der Waals surface area (Å²) in [5.41, 5.74) is 3.55. The Morgan fingerprint density at radius 3 is 2.30 bits per heavy atom. The number of ether oxygens (including phenoxy) is 1. The summed E-state index contributed by atoms with van der Waals surface area (Å²) in [6.07, 6.45) is 0. The van der Waals surface area contributed by atoms with E-state index in [-0.39, 0.29) is 6.54 Å². The van der Waals surface area contributed by atoms with E-state index in [0.29, 0.717) is 5.69 Å². The van der Waals surface area contributed by atoms with E-state index in [1.54, 1.807) is 25.3 Å². The van der Waals surface area contributed by atoms with Crippen LogP contribution in [0.25, 0.3) is 0 Å². The molecule has 0 spiro atoms. The molecule has 0 aliphatic rings. The first-order valence-electron chi connectivity index (χ1n) is 7.29. The third kappa shape index (κ3) is 4.57. The number of anilines is 1. The van der Waals surface area contributed by atoms with Gasteiger partial charge in [0.05, 0.1) is 7.11 Å². The van der Waals surface area contributed by atoms with Crippen LogP contribution in [0.3, 0.4) is 0 Å². The molecule has 2 aromatic carbocycles. The Morgan fingerprint density at radius 2 is 1.70 bits per heavy atom. The molecular weight excluding hydrogens is 292 g/mol. The lowest BCUT2D eigenvalue weighted by molar-refractivity contribution is -0.136. The van der Waals surface area contributed by atoms with Crippen LogP contribution in [0.2, 0.25) is 0 Å². The van der Waals surface area contributed by atoms with Crippen LogP contribution >= 0.6 is 0 Å². The number of carbonyl (C=O) groups excluding carboxylic acids is 2. The van der Waals surface area contributed by atoms with Crippen molar-refractivity contribution in [2.24, 2.45) is 0 Å². The summed E-state index contributed by atoms with van der Waals surface area (Å²) in [6, 6.07) is 12.9. The highest BCUT2D eigenvalue weighted by atomic mass is 16.5. The third-order valence-electron chi connectivity index (χ3n) is 3.45. The SMILES string of the molecule is COc1ccc(CNC(=O)C(=O)Nc2ccc(C)cc2C)cc1. The molecule has 2 aromatic rings. The number of nitrogens with one attached hydrogen (secondary N) is 2. The number of benzene rings is 2. The molecule has 0 unspecified atom stereocenters. The average molecular weight is 312 g/mol. The van der Waals surface area contributed by atoms with Crippen molar-refractivity contribution in [3.05, 3.63) is 59.2 Å². The first kappa shape index (κ1) is 16.5. The summed E-state index contributed by atoms with van der Waals surface area (Å²) in [6.45, 7) is 4.14. The number of aryl methyl sites for hydroxylation is 2. The van der Waals surface area contributed by atoms with E-state index in [1.165, 1.54) is 0 Å². The normalized spacial score (nSPS) is 10.0. The number of rotatable bonds is 4. The molecule has 0 radical (unpaired) electrons. The largest absolute Gasteiger partial charge is 0.497 e. The van der Waals surface area contributed by atoms with E-state index in [2.05, 4.69) is 10.6 Å². The summed E-state index contributed by atoms with van der Waals surface area (Å²) in [5, 5.41) is 5.22. The van der Waals surface area contributed by atoms with Crippen molar-refractivity contribution >= 4 is 17.5 Å². The monoisotopic (exact) mass is 312 g/mol. The second-order valence-corrected chi connectivity index (χ2v) is 5.30. The van der Waals surface area contributed by atoms with Crippen LogP contribution in [-0.4, -0.2) is 18.9 Å². The minimum Gasteiger partial charge on any atom is -0.497 e. The maximum absolute atomic E-state index is 11.9. The molecule has 0 saturated heterocycles. The lowest BCUT2D eigenvalue weighted by Crippen LogP contribution is -2.35. The van der Waals surface area contributed by atoms with Gasteiger partial charge < -0.3 is 15.4 Å². The average Bonchev–Trinajstić information content (AvgIpc) is 2.55. The maximum Gasteiger partial charge on any atom is 0.313 e. The Bertz CT molecular complexity index is 709. The molecule has 2 N–H and O–H groups in total. The molecule has 23 heavy (non-hydrogen) atoms. The predicted molar refractivity (Wildman–Crippen MR) is 89.4 cm³/mol. The Balaban J connectivity index is 1.90. The minimum absolute atomic E-state index is 0.281. The lowest BCUT2D eigenvalue weighted by atomic mass is 10.1. The summed E-state index contributed by atoms with van der Waals surface area (Å²) >= 11 is 0. The Labute approximate surface area is 135 Å². The molecule has 0 bridgehead atoms. The molecule has 0 heterocycles. The highest BCUT2D eigenvalue weighted by molar-refractivity contribution is 6.39. The molecular formula is C18H20N2O3. The first-order valence-corrected chi connectivity index (χ1v) is 7.29. The summed E-state index contributed by atoms with van der Waals surface area (Å²) in [7, 11) is 1.59. The highest BCUT2D eigenvalue weighted by Gasteiger charge is 2.14. The predicted octanol–water partition coefficient (Wildman–Crippen LogP) is 2.57. The zero-order valence-electron chi connectivity index (χ0n) is 13.5. The number of carbonyl (C=O) groups is 2. The van der Waals surface area contributed by atoms with Crippen molar-refractivity contribution < 1.29 is 14.3 Å². The van der Waals surface area contributed by atoms with E-state index in [0.717, 1.165) is 22.4 Å². The van der Waals surface area contributed by atoms with Crippen molar-refractivity contribution in [1.29, 1.82) is 0 Å². The zero-order valence-corrected chi connectivity index (χ0v) is 13.5. The van der Waals surface area contributed by atoms with E-state index < -0.39 is 11.8 Å². The standard InChI is InChI=1S/C18H20N2O3/c1-12-4-9-16(13(2)10-12)20-18(22)17(21)19-11-14-5-7-15(23-3)8-6-14/h4-10H,11H2,1-3H3,(H,19,21)(H,20,22). The van der Waals surface area contributed by atoms with E-state index >= 15 is 0 Å². The molecule has 0 saturated carbocycles. The van der Waals surface area contributed by atoms with E-state index in [9.17, 15) is 9.59 Å². The molecule has 2 amide bonds. The van der Waals surface area contributed by atoms with Gasteiger partial charge >= 0.3 is 11.8 Å². The van der Waals surface area contributed by atoms with Gasteiger partial charge in [0.2, 0.25) is 0 Å². The van der Waals surface area contributed by atoms with Crippen molar-refractivity contribution in [3.63, 3.8) is 0 Å². The Hall–Kier alpha value is -2.82. The molecule has 0 fully saturated rings. The molecule has 120 valence electrons. The first-order chi connectivity index (χ1) is 11.0. The van der Waals surface area contributed by atoms with Gasteiger partial charge in [-0.15, -0.1) is 0 Å². The Morgan fingerprint density at radius 1 is 1.00 bits per heavy atom. The maximum atomic E-state index is 11.9. The number of amides is 2. The molecule has 0 aromatic heterocycles. The lowest BCUT2D eigenvalue weighted by Gasteiger charge is -2.09. The minimum atomic E-state index is -0.675. The van der Waals surface area contributed by atoms with Crippen molar-refractivity contribution in [2.75, 3.05) is 12.4 Å². The Kier molecular flexibility index (Phi) is 5.36. The van der Waals surface area contributed by atoms with E-state index in [4.69, 9.17) is 4.74 Å². The van der Waals surface area contributed by atoms with Gasteiger partial charge in [0.1, 0.15) is 5.75 Å². The van der Waals surface area contributed by atoms with Crippen molar-refractivity contribution in [1.82, 2.24) is 5.32 Å². The number of hydrogen-bond acceptors (Lipinski definition) is 3. The quantitative estimate of drug-likeness (QED) is 0.853. The van der Waals surface area contributed by atoms with Gasteiger partial charge in [-0.3, -0.25) is 9.59 Å². The fourth-order valence-corrected chi connectivity index (χ4v) is 2.14. The van der Waals surface area contributed by atoms with Gasteiger partial charge in [-0.05, 0) is 43.2 Å². The molecule has 5 heteroatoms. The van der Waals surface area contributed by atoms with E-state index in [1.807, 2.05) is 38.1 Å². The van der Waals surface area contributed by atoms with Crippen molar-refractivity contribution in [2.45, 2.75) is 20.4 Å². The van der Waals surface area contributed by atoms with Gasteiger partial charge in [-0.25, -0.2) is 0 Å². The number of hydrogen-bond donors (Lipinski definition) is 2. The fourth-order valence-electron chi connectivity index (χ4n) is 2.14. The van der Waals surface area contributed by atoms with Crippen LogP contribution in [0.4, 0.5) is 5.69 Å². The molecule has 5 nitrogen and oxygen atoms in total. The fraction of sp³-hybridized carbons (Fsp3) is 0.222. The van der Waals surface area contributed by atoms with Crippen LogP contribution in [0, 0.1) is 13.8 Å². The van der Waals surface area contributed by atoms with Gasteiger partial charge in [0.15, 0.2) is 0 Å². The smallest absolute Gasteiger partial charge is 0.313 e. The highest BCUT2D eigenvalue weighted by Crippen LogP contribution is 2.16. The summed E-state index contributed by atoms with van der Waals surface area (Å²) in [4.78, 5) is 23.8. The van der Waals surface area contributed by atoms with Crippen molar-refractivity contribution in [3.8, 4) is 5.75 Å². The van der Waals surface area contributed by atoms with Gasteiger partial charge in [-0.2, -0.15) is 0 Å². The topological polar surface area (TPSA) is 67.4 Å². The summed E-state index contributed by atoms with van der Waals surface area (Å²) in [5.74, 6) is -0.598. The zero-order chi connectivity index (χ0) is 16.8. The second-order valence-electron chi connectivity index (χ2n) is 5.30. The van der Waals surface area contributed by atoms with Crippen LogP contribution in [0.5, 0.6) is 5.75 Å². The molecule has 2 rings (SSSR count). The van der Waals surface area contributed by atoms with Gasteiger partial charge in [0, 0.05) is 12.2 Å². The third-order valence-corrected chi connectivity index (χ3v) is 3.45. The van der Waals surface area contributed by atoms with Crippen LogP contribution in [0.15, 0.2) is 42.5 Å². The summed E-state index contributed by atoms with van der Waals surface area (Å²) < 4.78 is 5.07. The van der Waals surface area contributed by atoms with Gasteiger partial charge in [0.25, 0.3) is 0 Å². The molecule has 0 atom stereocenters. The molecule has 0 aliphatic heterocycles. The van der Waals surface area contributed by atoms with Crippen LogP contribution in [-0.2, 0) is 16.1 Å². The molecule has 0 aliphatic carbocycles. The van der Waals surface area contributed by atoms with Gasteiger partial charge in [-0.1, -0.05) is 29.8 Å². The number of methoxy groups -OCH3 is 1. The van der Waals surface area contributed by atoms with Crippen LogP contribution in [0.1, 0.15) is 16.7 Å². The van der Waals surface area contributed by atoms with Crippen LogP contribution < -0.4 is 15.4 Å². The second kappa shape index (κ2) is 7.45.